The van der Waals surface area contributed by atoms with E-state index in [1.807, 2.05) is 20.8 Å². The van der Waals surface area contributed by atoms with E-state index < -0.39 is 0 Å². The van der Waals surface area contributed by atoms with Crippen LogP contribution in [0.5, 0.6) is 0 Å². The van der Waals surface area contributed by atoms with Gasteiger partial charge in [-0.3, -0.25) is 0 Å². The van der Waals surface area contributed by atoms with Gasteiger partial charge in [-0.25, -0.2) is 14.0 Å². The molecule has 1 atom stereocenters. The standard InChI is InChI=1S/C21H28FN3O4/c1-12(2)18(19-13(3)16-11-14(22)5-6-17(16)29-19)24-20(26)23-15-7-9-25(10-8-15)21(27)28-4/h5-6,11-12,15,18H,7-10H2,1-4H3,(H2,23,24,26)/t18-/m0/s1. The van der Waals surface area contributed by atoms with Gasteiger partial charge in [-0.15, -0.1) is 0 Å². The zero-order chi connectivity index (χ0) is 21.1. The molecule has 1 saturated heterocycles. The minimum absolute atomic E-state index is 0.0189. The van der Waals surface area contributed by atoms with Gasteiger partial charge in [0.05, 0.1) is 13.2 Å². The molecule has 158 valence electrons. The van der Waals surface area contributed by atoms with E-state index in [9.17, 15) is 14.0 Å². The van der Waals surface area contributed by atoms with Gasteiger partial charge in [0.15, 0.2) is 0 Å². The molecule has 8 heteroatoms. The summed E-state index contributed by atoms with van der Waals surface area (Å²) in [5.41, 5.74) is 1.42. The average molecular weight is 405 g/mol. The van der Waals surface area contributed by atoms with Crippen LogP contribution in [0.2, 0.25) is 0 Å². The van der Waals surface area contributed by atoms with Crippen molar-refractivity contribution in [3.05, 3.63) is 35.3 Å². The number of hydrogen-bond acceptors (Lipinski definition) is 4. The Hall–Kier alpha value is -2.77. The van der Waals surface area contributed by atoms with Gasteiger partial charge in [0.25, 0.3) is 0 Å². The number of carbonyl (C=O) groups is 2. The Morgan fingerprint density at radius 3 is 2.59 bits per heavy atom. The number of aryl methyl sites for hydroxylation is 1. The Morgan fingerprint density at radius 1 is 1.28 bits per heavy atom. The fraction of sp³-hybridized carbons (Fsp3) is 0.524. The molecule has 2 aromatic rings. The first-order valence-electron chi connectivity index (χ1n) is 9.88. The molecule has 0 aliphatic carbocycles. The Kier molecular flexibility index (Phi) is 6.30. The number of hydrogen-bond donors (Lipinski definition) is 2. The maximum Gasteiger partial charge on any atom is 0.409 e. The van der Waals surface area contributed by atoms with Crippen LogP contribution >= 0.6 is 0 Å². The third-order valence-electron chi connectivity index (χ3n) is 5.43. The number of nitrogens with zero attached hydrogens (tertiary/aromatic N) is 1. The topological polar surface area (TPSA) is 83.8 Å². The number of ether oxygens (including phenoxy) is 1. The minimum Gasteiger partial charge on any atom is -0.459 e. The Bertz CT molecular complexity index is 887. The van der Waals surface area contributed by atoms with Gasteiger partial charge in [0.2, 0.25) is 0 Å². The summed E-state index contributed by atoms with van der Waals surface area (Å²) in [6, 6.07) is 3.76. The highest BCUT2D eigenvalue weighted by molar-refractivity contribution is 5.82. The van der Waals surface area contributed by atoms with Crippen molar-refractivity contribution < 1.29 is 23.1 Å². The van der Waals surface area contributed by atoms with Crippen molar-refractivity contribution in [1.29, 1.82) is 0 Å². The molecule has 1 fully saturated rings. The summed E-state index contributed by atoms with van der Waals surface area (Å²) in [5, 5.41) is 6.69. The highest BCUT2D eigenvalue weighted by atomic mass is 19.1. The van der Waals surface area contributed by atoms with Crippen LogP contribution < -0.4 is 10.6 Å². The summed E-state index contributed by atoms with van der Waals surface area (Å²) in [7, 11) is 1.36. The molecule has 3 amide bonds. The average Bonchev–Trinajstić information content (AvgIpc) is 3.01. The molecule has 0 spiro atoms. The third kappa shape index (κ3) is 4.63. The lowest BCUT2D eigenvalue weighted by Crippen LogP contribution is -2.50. The molecule has 1 aromatic heterocycles. The maximum absolute atomic E-state index is 13.6. The summed E-state index contributed by atoms with van der Waals surface area (Å²) in [5.74, 6) is 0.389. The summed E-state index contributed by atoms with van der Waals surface area (Å²) in [6.45, 7) is 6.94. The van der Waals surface area contributed by atoms with E-state index >= 15 is 0 Å². The lowest BCUT2D eigenvalue weighted by atomic mass is 9.98. The summed E-state index contributed by atoms with van der Waals surface area (Å²) < 4.78 is 24.3. The molecule has 0 saturated carbocycles. The van der Waals surface area contributed by atoms with Gasteiger partial charge in [-0.1, -0.05) is 13.8 Å². The lowest BCUT2D eigenvalue weighted by molar-refractivity contribution is 0.110. The van der Waals surface area contributed by atoms with Gasteiger partial charge in [0.1, 0.15) is 17.2 Å². The third-order valence-corrected chi connectivity index (χ3v) is 5.43. The second-order valence-corrected chi connectivity index (χ2v) is 7.80. The molecule has 29 heavy (non-hydrogen) atoms. The normalized spacial score (nSPS) is 16.1. The molecule has 1 aliphatic heterocycles. The van der Waals surface area contributed by atoms with Crippen LogP contribution in [0.4, 0.5) is 14.0 Å². The molecule has 1 aliphatic rings. The van der Waals surface area contributed by atoms with Gasteiger partial charge in [-0.05, 0) is 43.9 Å². The molecule has 0 radical (unpaired) electrons. The van der Waals surface area contributed by atoms with E-state index in [1.54, 1.807) is 11.0 Å². The van der Waals surface area contributed by atoms with Crippen LogP contribution in [0, 0.1) is 18.7 Å². The largest absolute Gasteiger partial charge is 0.459 e. The zero-order valence-electron chi connectivity index (χ0n) is 17.3. The number of likely N-dealkylation sites (tertiary alicyclic amines) is 1. The highest BCUT2D eigenvalue weighted by Crippen LogP contribution is 2.33. The number of halogens is 1. The van der Waals surface area contributed by atoms with Crippen molar-refractivity contribution in [3.8, 4) is 0 Å². The molecule has 7 nitrogen and oxygen atoms in total. The summed E-state index contributed by atoms with van der Waals surface area (Å²) in [4.78, 5) is 25.8. The molecule has 3 rings (SSSR count). The maximum atomic E-state index is 13.6. The second-order valence-electron chi connectivity index (χ2n) is 7.80. The van der Waals surface area contributed by atoms with Gasteiger partial charge in [-0.2, -0.15) is 0 Å². The zero-order valence-corrected chi connectivity index (χ0v) is 17.3. The van der Waals surface area contributed by atoms with Crippen molar-refractivity contribution in [2.24, 2.45) is 5.92 Å². The number of nitrogens with one attached hydrogen (secondary N) is 2. The minimum atomic E-state index is -0.347. The van der Waals surface area contributed by atoms with E-state index in [0.29, 0.717) is 42.7 Å². The van der Waals surface area contributed by atoms with E-state index in [-0.39, 0.29) is 35.9 Å². The van der Waals surface area contributed by atoms with E-state index in [0.717, 1.165) is 5.56 Å². The fourth-order valence-electron chi connectivity index (χ4n) is 3.75. The van der Waals surface area contributed by atoms with Crippen LogP contribution in [0.3, 0.4) is 0 Å². The number of fused-ring (bicyclic) bond motifs is 1. The number of benzene rings is 1. The Morgan fingerprint density at radius 2 is 1.97 bits per heavy atom. The number of methoxy groups -OCH3 is 1. The number of carbonyl (C=O) groups excluding carboxylic acids is 2. The summed E-state index contributed by atoms with van der Waals surface area (Å²) >= 11 is 0. The van der Waals surface area contributed by atoms with Crippen molar-refractivity contribution in [2.75, 3.05) is 20.2 Å². The smallest absolute Gasteiger partial charge is 0.409 e. The van der Waals surface area contributed by atoms with Crippen molar-refractivity contribution >= 4 is 23.1 Å². The summed E-state index contributed by atoms with van der Waals surface area (Å²) in [6.07, 6.45) is 0.986. The van der Waals surface area contributed by atoms with E-state index in [2.05, 4.69) is 10.6 Å². The van der Waals surface area contributed by atoms with Crippen molar-refractivity contribution in [1.82, 2.24) is 15.5 Å². The number of piperidine rings is 1. The predicted octanol–water partition coefficient (Wildman–Crippen LogP) is 4.11. The molecule has 0 unspecified atom stereocenters. The van der Waals surface area contributed by atoms with Crippen molar-refractivity contribution in [3.63, 3.8) is 0 Å². The van der Waals surface area contributed by atoms with Gasteiger partial charge >= 0.3 is 12.1 Å². The van der Waals surface area contributed by atoms with Gasteiger partial charge < -0.3 is 24.7 Å². The molecular weight excluding hydrogens is 377 g/mol. The Balaban J connectivity index is 1.66. The first-order chi connectivity index (χ1) is 13.8. The first kappa shape index (κ1) is 21.0. The number of furan rings is 1. The van der Waals surface area contributed by atoms with Crippen LogP contribution in [0.1, 0.15) is 44.1 Å². The van der Waals surface area contributed by atoms with Gasteiger partial charge in [0, 0.05) is 30.1 Å². The van der Waals surface area contributed by atoms with Crippen LogP contribution in [-0.2, 0) is 4.74 Å². The SMILES string of the molecule is COC(=O)N1CCC(NC(=O)N[C@H](c2oc3ccc(F)cc3c2C)C(C)C)CC1. The van der Waals surface area contributed by atoms with Crippen LogP contribution in [-0.4, -0.2) is 43.3 Å². The fourth-order valence-corrected chi connectivity index (χ4v) is 3.75. The number of rotatable bonds is 4. The molecule has 1 aromatic carbocycles. The predicted molar refractivity (Wildman–Crippen MR) is 107 cm³/mol. The first-order valence-corrected chi connectivity index (χ1v) is 9.88. The molecule has 0 bridgehead atoms. The van der Waals surface area contributed by atoms with E-state index in [1.165, 1.54) is 19.2 Å². The number of urea groups is 1. The lowest BCUT2D eigenvalue weighted by Gasteiger charge is -2.32. The van der Waals surface area contributed by atoms with E-state index in [4.69, 9.17) is 9.15 Å². The van der Waals surface area contributed by atoms with Crippen LogP contribution in [0.15, 0.2) is 22.6 Å². The highest BCUT2D eigenvalue weighted by Gasteiger charge is 2.28. The van der Waals surface area contributed by atoms with Crippen molar-refractivity contribution in [2.45, 2.75) is 45.7 Å². The quantitative estimate of drug-likeness (QED) is 0.802. The number of amides is 3. The second kappa shape index (κ2) is 8.71. The molecule has 2 N–H and O–H groups in total. The molecule has 2 heterocycles. The monoisotopic (exact) mass is 405 g/mol. The Labute approximate surface area is 169 Å². The van der Waals surface area contributed by atoms with Crippen LogP contribution in [0.25, 0.3) is 11.0 Å². The molecular formula is C21H28FN3O4.